The lowest BCUT2D eigenvalue weighted by Crippen LogP contribution is -2.53. The molecule has 0 amide bonds. The van der Waals surface area contributed by atoms with Crippen LogP contribution in [0.4, 0.5) is 0 Å². The van der Waals surface area contributed by atoms with Crippen LogP contribution in [0.1, 0.15) is 34.1 Å². The molecule has 0 radical (unpaired) electrons. The molecular weight excluding hydrogens is 280 g/mol. The maximum Gasteiger partial charge on any atom is 0.324 e. The summed E-state index contributed by atoms with van der Waals surface area (Å²) in [7, 11) is -2.41. The summed E-state index contributed by atoms with van der Waals surface area (Å²) in [6.07, 6.45) is 1.02. The summed E-state index contributed by atoms with van der Waals surface area (Å²) >= 11 is 0. The van der Waals surface area contributed by atoms with Crippen LogP contribution in [-0.2, 0) is 19.7 Å². The summed E-state index contributed by atoms with van der Waals surface area (Å²) in [4.78, 5) is 11.7. The smallest absolute Gasteiger partial charge is 0.324 e. The first-order valence-corrected chi connectivity index (χ1v) is 8.46. The topological polar surface area (TPSA) is 75.7 Å². The molecule has 1 rings (SSSR count). The van der Waals surface area contributed by atoms with E-state index in [-0.39, 0.29) is 5.92 Å². The van der Waals surface area contributed by atoms with Gasteiger partial charge in [0.25, 0.3) is 10.2 Å². The Bertz CT molecular complexity index is 426. The van der Waals surface area contributed by atoms with Crippen LogP contribution in [0.15, 0.2) is 0 Å². The van der Waals surface area contributed by atoms with Gasteiger partial charge < -0.3 is 4.74 Å². The Hall–Kier alpha value is -0.660. The Labute approximate surface area is 122 Å². The van der Waals surface area contributed by atoms with E-state index in [1.54, 1.807) is 13.8 Å². The number of rotatable bonds is 5. The van der Waals surface area contributed by atoms with Gasteiger partial charge in [0, 0.05) is 13.1 Å². The van der Waals surface area contributed by atoms with E-state index >= 15 is 0 Å². The van der Waals surface area contributed by atoms with E-state index in [2.05, 4.69) is 9.46 Å². The highest BCUT2D eigenvalue weighted by molar-refractivity contribution is 7.87. The van der Waals surface area contributed by atoms with Gasteiger partial charge in [0.05, 0.1) is 7.11 Å². The number of hydrogen-bond acceptors (Lipinski definition) is 4. The molecule has 1 aliphatic heterocycles. The Balaban J connectivity index is 2.84. The number of hydrogen-bond donors (Lipinski definition) is 1. The van der Waals surface area contributed by atoms with Crippen molar-refractivity contribution in [3.05, 3.63) is 0 Å². The van der Waals surface area contributed by atoms with Crippen molar-refractivity contribution in [3.8, 4) is 0 Å². The largest absolute Gasteiger partial charge is 0.468 e. The van der Waals surface area contributed by atoms with Crippen molar-refractivity contribution >= 4 is 16.2 Å². The van der Waals surface area contributed by atoms with Crippen molar-refractivity contribution in [1.29, 1.82) is 0 Å². The van der Waals surface area contributed by atoms with Crippen LogP contribution in [0.2, 0.25) is 0 Å². The normalized spacial score (nSPS) is 26.5. The van der Waals surface area contributed by atoms with Gasteiger partial charge in [-0.05, 0) is 24.2 Å². The van der Waals surface area contributed by atoms with Crippen molar-refractivity contribution in [2.45, 2.75) is 40.2 Å². The fraction of sp³-hybridized carbons (Fsp3) is 0.923. The van der Waals surface area contributed by atoms with Gasteiger partial charge in [-0.25, -0.2) is 0 Å². The molecule has 1 N–H and O–H groups in total. The highest BCUT2D eigenvalue weighted by Crippen LogP contribution is 2.23. The molecule has 0 bridgehead atoms. The Morgan fingerprint density at radius 1 is 1.25 bits per heavy atom. The Morgan fingerprint density at radius 2 is 1.75 bits per heavy atom. The molecule has 1 heterocycles. The van der Waals surface area contributed by atoms with E-state index in [1.165, 1.54) is 11.4 Å². The second kappa shape index (κ2) is 6.87. The summed E-state index contributed by atoms with van der Waals surface area (Å²) in [6.45, 7) is 8.63. The minimum absolute atomic E-state index is 0.170. The molecule has 3 unspecified atom stereocenters. The number of esters is 1. The van der Waals surface area contributed by atoms with Crippen molar-refractivity contribution in [2.75, 3.05) is 20.2 Å². The number of nitrogens with one attached hydrogen (secondary N) is 1. The Kier molecular flexibility index (Phi) is 5.97. The zero-order chi connectivity index (χ0) is 15.5. The van der Waals surface area contributed by atoms with E-state index in [1.807, 2.05) is 13.8 Å². The zero-order valence-corrected chi connectivity index (χ0v) is 13.7. The minimum Gasteiger partial charge on any atom is -0.468 e. The van der Waals surface area contributed by atoms with E-state index in [0.29, 0.717) is 24.9 Å². The molecule has 0 aromatic carbocycles. The number of piperidine rings is 1. The third-order valence-electron chi connectivity index (χ3n) is 3.57. The summed E-state index contributed by atoms with van der Waals surface area (Å²) in [6, 6.07) is -0.850. The maximum atomic E-state index is 12.4. The highest BCUT2D eigenvalue weighted by Gasteiger charge is 2.35. The van der Waals surface area contributed by atoms with Gasteiger partial charge in [0.15, 0.2) is 0 Å². The van der Waals surface area contributed by atoms with Crippen LogP contribution < -0.4 is 4.72 Å². The third kappa shape index (κ3) is 4.43. The second-order valence-corrected chi connectivity index (χ2v) is 7.83. The van der Waals surface area contributed by atoms with E-state index < -0.39 is 22.2 Å². The average molecular weight is 306 g/mol. The third-order valence-corrected chi connectivity index (χ3v) is 5.10. The second-order valence-electron chi connectivity index (χ2n) is 6.13. The molecule has 0 aliphatic carbocycles. The molecule has 7 heteroatoms. The summed E-state index contributed by atoms with van der Waals surface area (Å²) < 4.78 is 33.4. The van der Waals surface area contributed by atoms with Crippen molar-refractivity contribution < 1.29 is 17.9 Å². The average Bonchev–Trinajstić information content (AvgIpc) is 2.33. The first-order chi connectivity index (χ1) is 9.17. The van der Waals surface area contributed by atoms with Gasteiger partial charge in [0.2, 0.25) is 0 Å². The Morgan fingerprint density at radius 3 is 2.15 bits per heavy atom. The van der Waals surface area contributed by atoms with Gasteiger partial charge in [-0.1, -0.05) is 27.7 Å². The van der Waals surface area contributed by atoms with Gasteiger partial charge in [-0.3, -0.25) is 4.79 Å². The van der Waals surface area contributed by atoms with Crippen LogP contribution in [0.5, 0.6) is 0 Å². The van der Waals surface area contributed by atoms with Crippen LogP contribution in [0, 0.1) is 17.8 Å². The molecule has 1 fully saturated rings. The van der Waals surface area contributed by atoms with Crippen molar-refractivity contribution in [3.63, 3.8) is 0 Å². The van der Waals surface area contributed by atoms with Gasteiger partial charge in [0.1, 0.15) is 6.04 Å². The number of nitrogens with zero attached hydrogens (tertiary/aromatic N) is 1. The zero-order valence-electron chi connectivity index (χ0n) is 12.9. The molecule has 0 saturated carbocycles. The van der Waals surface area contributed by atoms with Gasteiger partial charge >= 0.3 is 5.97 Å². The molecule has 1 aliphatic rings. The molecule has 118 valence electrons. The standard InChI is InChI=1S/C13H26N2O4S/c1-9(2)12(13(16)19-5)14-20(17,18)15-7-10(3)6-11(4)8-15/h9-12,14H,6-8H2,1-5H3. The summed E-state index contributed by atoms with van der Waals surface area (Å²) in [5.74, 6) is -0.0737. The van der Waals surface area contributed by atoms with E-state index in [0.717, 1.165) is 6.42 Å². The number of carbonyl (C=O) groups excluding carboxylic acids is 1. The lowest BCUT2D eigenvalue weighted by Gasteiger charge is -2.35. The molecule has 3 atom stereocenters. The fourth-order valence-electron chi connectivity index (χ4n) is 2.62. The minimum atomic E-state index is -3.67. The molecule has 1 saturated heterocycles. The SMILES string of the molecule is COC(=O)C(NS(=O)(=O)N1CC(C)CC(C)C1)C(C)C. The van der Waals surface area contributed by atoms with Crippen LogP contribution in [0.25, 0.3) is 0 Å². The maximum absolute atomic E-state index is 12.4. The lowest BCUT2D eigenvalue weighted by molar-refractivity contribution is -0.143. The molecule has 0 aromatic rings. The first kappa shape index (κ1) is 17.4. The predicted molar refractivity (Wildman–Crippen MR) is 77.2 cm³/mol. The van der Waals surface area contributed by atoms with E-state index in [4.69, 9.17) is 0 Å². The van der Waals surface area contributed by atoms with Crippen LogP contribution in [-0.4, -0.2) is 44.9 Å². The van der Waals surface area contributed by atoms with E-state index in [9.17, 15) is 13.2 Å². The number of carbonyl (C=O) groups is 1. The quantitative estimate of drug-likeness (QED) is 0.769. The van der Waals surface area contributed by atoms with Crippen molar-refractivity contribution in [2.24, 2.45) is 17.8 Å². The first-order valence-electron chi connectivity index (χ1n) is 7.02. The number of methoxy groups -OCH3 is 1. The molecule has 20 heavy (non-hydrogen) atoms. The molecule has 0 spiro atoms. The highest BCUT2D eigenvalue weighted by atomic mass is 32.2. The predicted octanol–water partition coefficient (Wildman–Crippen LogP) is 0.996. The monoisotopic (exact) mass is 306 g/mol. The van der Waals surface area contributed by atoms with Crippen LogP contribution in [0.3, 0.4) is 0 Å². The molecular formula is C13H26N2O4S. The van der Waals surface area contributed by atoms with Crippen molar-refractivity contribution in [1.82, 2.24) is 9.03 Å². The fourth-order valence-corrected chi connectivity index (χ4v) is 4.36. The van der Waals surface area contributed by atoms with Gasteiger partial charge in [-0.15, -0.1) is 0 Å². The summed E-state index contributed by atoms with van der Waals surface area (Å²) in [5, 5.41) is 0. The summed E-state index contributed by atoms with van der Waals surface area (Å²) in [5.41, 5.74) is 0. The number of ether oxygens (including phenoxy) is 1. The van der Waals surface area contributed by atoms with Crippen LogP contribution >= 0.6 is 0 Å². The molecule has 0 aromatic heterocycles. The molecule has 6 nitrogen and oxygen atoms in total. The lowest BCUT2D eigenvalue weighted by atomic mass is 9.94. The van der Waals surface area contributed by atoms with Gasteiger partial charge in [-0.2, -0.15) is 17.4 Å².